The Labute approximate surface area is 232 Å². The molecule has 0 heterocycles. The number of carboxylic acid groups (broad SMARTS) is 1. The van der Waals surface area contributed by atoms with Gasteiger partial charge in [-0.25, -0.2) is 4.79 Å². The van der Waals surface area contributed by atoms with Gasteiger partial charge in [-0.15, -0.1) is 0 Å². The van der Waals surface area contributed by atoms with E-state index < -0.39 is 5.97 Å². The van der Waals surface area contributed by atoms with E-state index in [0.717, 1.165) is 48.3 Å². The van der Waals surface area contributed by atoms with Crippen molar-refractivity contribution in [1.82, 2.24) is 0 Å². The summed E-state index contributed by atoms with van der Waals surface area (Å²) in [5.74, 6) is 5.14. The fraction of sp³-hybridized carbons (Fsp3) is 0.800. The second-order valence-corrected chi connectivity index (χ2v) is 15.1. The van der Waals surface area contributed by atoms with Gasteiger partial charge in [-0.05, 0) is 134 Å². The molecule has 0 bridgehead atoms. The van der Waals surface area contributed by atoms with Crippen molar-refractivity contribution < 1.29 is 15.0 Å². The monoisotopic (exact) mass is 522 g/mol. The van der Waals surface area contributed by atoms with Crippen molar-refractivity contribution in [1.29, 1.82) is 0 Å². The lowest BCUT2D eigenvalue weighted by molar-refractivity contribution is -0.152. The fourth-order valence-corrected chi connectivity index (χ4v) is 10.9. The van der Waals surface area contributed by atoms with Gasteiger partial charge in [0.15, 0.2) is 0 Å². The fourth-order valence-electron chi connectivity index (χ4n) is 10.9. The quantitative estimate of drug-likeness (QED) is 0.359. The summed E-state index contributed by atoms with van der Waals surface area (Å²) in [6.45, 7) is 12.6. The lowest BCUT2D eigenvalue weighted by atomic mass is 9.42. The molecule has 0 amide bonds. The Morgan fingerprint density at radius 1 is 0.868 bits per heavy atom. The lowest BCUT2D eigenvalue weighted by Crippen LogP contribution is -2.57. The van der Waals surface area contributed by atoms with Crippen molar-refractivity contribution in [2.24, 2.45) is 58.2 Å². The third-order valence-electron chi connectivity index (χ3n) is 12.8. The normalized spacial score (nSPS) is 41.3. The molecule has 4 saturated carbocycles. The van der Waals surface area contributed by atoms with Crippen LogP contribution in [-0.4, -0.2) is 22.3 Å². The van der Waals surface area contributed by atoms with E-state index in [-0.39, 0.29) is 12.0 Å². The Balaban J connectivity index is 1.30. The summed E-state index contributed by atoms with van der Waals surface area (Å²) >= 11 is 0. The average Bonchev–Trinajstić information content (AvgIpc) is 3.23. The molecule has 2 N–H and O–H groups in total. The summed E-state index contributed by atoms with van der Waals surface area (Å²) in [5, 5.41) is 20.5. The highest BCUT2D eigenvalue weighted by molar-refractivity contribution is 5.87. The SMILES string of the molecule is CC(C)CCC[C@@H](C)[C@H]1CC[C@H]2[C@@H]3CC[C@H]4[C@H](Cc5ccc(C(=O)O)cc5)[C@@H](O)CC[C@]4(C)[C@H]3CC[C@]12C. The number of carbonyl (C=O) groups is 1. The van der Waals surface area contributed by atoms with E-state index in [1.807, 2.05) is 12.1 Å². The number of aliphatic hydroxyl groups is 1. The molecule has 10 atom stereocenters. The molecule has 4 aliphatic carbocycles. The van der Waals surface area contributed by atoms with Gasteiger partial charge in [0, 0.05) is 0 Å². The lowest BCUT2D eigenvalue weighted by Gasteiger charge is -2.63. The molecule has 0 unspecified atom stereocenters. The Bertz CT molecular complexity index is 968. The van der Waals surface area contributed by atoms with Gasteiger partial charge in [-0.2, -0.15) is 0 Å². The highest BCUT2D eigenvalue weighted by atomic mass is 16.4. The van der Waals surface area contributed by atoms with E-state index in [4.69, 9.17) is 0 Å². The second kappa shape index (κ2) is 10.9. The predicted molar refractivity (Wildman–Crippen MR) is 155 cm³/mol. The number of hydrogen-bond donors (Lipinski definition) is 2. The van der Waals surface area contributed by atoms with Crippen molar-refractivity contribution in [2.75, 3.05) is 0 Å². The van der Waals surface area contributed by atoms with Crippen LogP contribution in [0.3, 0.4) is 0 Å². The summed E-state index contributed by atoms with van der Waals surface area (Å²) in [6.07, 6.45) is 15.2. The smallest absolute Gasteiger partial charge is 0.335 e. The van der Waals surface area contributed by atoms with Crippen molar-refractivity contribution >= 4 is 5.97 Å². The van der Waals surface area contributed by atoms with Gasteiger partial charge in [0.2, 0.25) is 0 Å². The molecule has 0 aliphatic heterocycles. The second-order valence-electron chi connectivity index (χ2n) is 15.1. The van der Waals surface area contributed by atoms with Crippen molar-refractivity contribution in [3.63, 3.8) is 0 Å². The molecule has 1 aromatic carbocycles. The molecular weight excluding hydrogens is 468 g/mol. The first-order valence-corrected chi connectivity index (χ1v) is 16.0. The van der Waals surface area contributed by atoms with Crippen LogP contribution in [0.2, 0.25) is 0 Å². The molecule has 3 nitrogen and oxygen atoms in total. The molecular formula is C35H54O3. The van der Waals surface area contributed by atoms with Crippen molar-refractivity contribution in [3.8, 4) is 0 Å². The number of rotatable bonds is 8. The van der Waals surface area contributed by atoms with Crippen LogP contribution in [-0.2, 0) is 6.42 Å². The first-order chi connectivity index (χ1) is 18.0. The van der Waals surface area contributed by atoms with Crippen LogP contribution in [0.15, 0.2) is 24.3 Å². The van der Waals surface area contributed by atoms with E-state index in [9.17, 15) is 15.0 Å². The van der Waals surface area contributed by atoms with Gasteiger partial charge in [-0.3, -0.25) is 0 Å². The van der Waals surface area contributed by atoms with Gasteiger partial charge < -0.3 is 10.2 Å². The van der Waals surface area contributed by atoms with Gasteiger partial charge in [0.1, 0.15) is 0 Å². The van der Waals surface area contributed by atoms with Crippen LogP contribution in [0, 0.1) is 58.2 Å². The Morgan fingerprint density at radius 3 is 2.21 bits per heavy atom. The van der Waals surface area contributed by atoms with E-state index in [1.54, 1.807) is 12.1 Å². The summed E-state index contributed by atoms with van der Waals surface area (Å²) in [4.78, 5) is 11.3. The summed E-state index contributed by atoms with van der Waals surface area (Å²) in [5.41, 5.74) is 2.38. The Hall–Kier alpha value is -1.35. The van der Waals surface area contributed by atoms with E-state index in [1.165, 1.54) is 69.8 Å². The maximum absolute atomic E-state index is 11.3. The average molecular weight is 523 g/mol. The van der Waals surface area contributed by atoms with Gasteiger partial charge >= 0.3 is 5.97 Å². The zero-order valence-electron chi connectivity index (χ0n) is 24.8. The van der Waals surface area contributed by atoms with Gasteiger partial charge in [0.05, 0.1) is 11.7 Å². The van der Waals surface area contributed by atoms with Crippen LogP contribution < -0.4 is 0 Å². The minimum absolute atomic E-state index is 0.236. The number of fused-ring (bicyclic) bond motifs is 5. The highest BCUT2D eigenvalue weighted by Crippen LogP contribution is 2.69. The van der Waals surface area contributed by atoms with Crippen LogP contribution in [0.4, 0.5) is 0 Å². The number of hydrogen-bond acceptors (Lipinski definition) is 2. The van der Waals surface area contributed by atoms with Crippen LogP contribution >= 0.6 is 0 Å². The molecule has 3 heteroatoms. The summed E-state index contributed by atoms with van der Waals surface area (Å²) in [6, 6.07) is 7.40. The molecule has 4 fully saturated rings. The molecule has 5 rings (SSSR count). The minimum atomic E-state index is -0.872. The number of aliphatic hydroxyl groups excluding tert-OH is 1. The van der Waals surface area contributed by atoms with Crippen molar-refractivity contribution in [2.45, 2.75) is 118 Å². The maximum Gasteiger partial charge on any atom is 0.335 e. The molecule has 0 saturated heterocycles. The highest BCUT2D eigenvalue weighted by Gasteiger charge is 2.61. The number of benzene rings is 1. The van der Waals surface area contributed by atoms with Gasteiger partial charge in [-0.1, -0.05) is 66.0 Å². The summed E-state index contributed by atoms with van der Waals surface area (Å²) in [7, 11) is 0. The first-order valence-electron chi connectivity index (χ1n) is 16.0. The van der Waals surface area contributed by atoms with Crippen LogP contribution in [0.1, 0.15) is 121 Å². The Morgan fingerprint density at radius 2 is 1.53 bits per heavy atom. The molecule has 0 radical (unpaired) electrons. The zero-order valence-corrected chi connectivity index (χ0v) is 24.8. The van der Waals surface area contributed by atoms with Gasteiger partial charge in [0.25, 0.3) is 0 Å². The largest absolute Gasteiger partial charge is 0.478 e. The third kappa shape index (κ3) is 4.99. The predicted octanol–water partition coefficient (Wildman–Crippen LogP) is 8.64. The zero-order chi connectivity index (χ0) is 27.2. The molecule has 0 aromatic heterocycles. The van der Waals surface area contributed by atoms with E-state index in [0.29, 0.717) is 22.3 Å². The molecule has 0 spiro atoms. The number of carboxylic acids is 1. The third-order valence-corrected chi connectivity index (χ3v) is 12.8. The van der Waals surface area contributed by atoms with Crippen LogP contribution in [0.5, 0.6) is 0 Å². The summed E-state index contributed by atoms with van der Waals surface area (Å²) < 4.78 is 0. The van der Waals surface area contributed by atoms with E-state index in [2.05, 4.69) is 34.6 Å². The minimum Gasteiger partial charge on any atom is -0.478 e. The standard InChI is InChI=1S/C35H54O3/c1-22(2)7-6-8-23(3)28-15-16-29-26-13-14-30-27(21-24-9-11-25(12-10-24)33(37)38)32(36)18-20-35(30,5)31(26)17-19-34(28,29)4/h9-12,22-23,26-32,36H,6-8,13-21H2,1-5H3,(H,37,38)/t23-,26+,27+,28-,29+,30+,31+,32+,34-,35+/m1/s1. The van der Waals surface area contributed by atoms with Crippen molar-refractivity contribution in [3.05, 3.63) is 35.4 Å². The maximum atomic E-state index is 11.3. The van der Waals surface area contributed by atoms with E-state index >= 15 is 0 Å². The van der Waals surface area contributed by atoms with Crippen LogP contribution in [0.25, 0.3) is 0 Å². The topological polar surface area (TPSA) is 57.5 Å². The molecule has 38 heavy (non-hydrogen) atoms. The molecule has 4 aliphatic rings. The first kappa shape index (κ1) is 28.2. The molecule has 212 valence electrons. The number of aromatic carboxylic acids is 1. The molecule has 1 aromatic rings. The Kier molecular flexibility index (Phi) is 8.09.